The molecular formula is C17H29NO. The summed E-state index contributed by atoms with van der Waals surface area (Å²) in [6.45, 7) is 9.65. The van der Waals surface area contributed by atoms with Crippen LogP contribution in [0.4, 0.5) is 0 Å². The van der Waals surface area contributed by atoms with Gasteiger partial charge in [0.2, 0.25) is 0 Å². The lowest BCUT2D eigenvalue weighted by atomic mass is 9.92. The number of aryl methyl sites for hydroxylation is 1. The first-order valence-corrected chi connectivity index (χ1v) is 7.39. The molecule has 1 unspecified atom stereocenters. The number of benzene rings is 1. The zero-order chi connectivity index (χ0) is 14.3. The van der Waals surface area contributed by atoms with Gasteiger partial charge >= 0.3 is 0 Å². The number of hydrogen-bond acceptors (Lipinski definition) is 2. The molecule has 0 bridgehead atoms. The zero-order valence-corrected chi connectivity index (χ0v) is 13.1. The summed E-state index contributed by atoms with van der Waals surface area (Å²) in [5, 5.41) is 3.58. The summed E-state index contributed by atoms with van der Waals surface area (Å²) in [5.74, 6) is 0. The minimum Gasteiger partial charge on any atom is -0.379 e. The van der Waals surface area contributed by atoms with Crippen molar-refractivity contribution in [1.82, 2.24) is 5.32 Å². The lowest BCUT2D eigenvalue weighted by molar-refractivity contribution is 0.00697. The maximum atomic E-state index is 5.57. The first-order chi connectivity index (χ1) is 9.02. The van der Waals surface area contributed by atoms with Gasteiger partial charge in [0.05, 0.1) is 5.60 Å². The number of rotatable bonds is 8. The van der Waals surface area contributed by atoms with E-state index < -0.39 is 0 Å². The maximum Gasteiger partial charge on any atom is 0.0640 e. The number of methoxy groups -OCH3 is 1. The summed E-state index contributed by atoms with van der Waals surface area (Å²) in [7, 11) is 1.79. The number of ether oxygens (including phenoxy) is 1. The molecule has 0 fully saturated rings. The molecule has 1 rings (SSSR count). The molecule has 108 valence electrons. The molecule has 0 spiro atoms. The molecule has 1 aromatic rings. The third kappa shape index (κ3) is 5.33. The lowest BCUT2D eigenvalue weighted by Gasteiger charge is -2.29. The third-order valence-corrected chi connectivity index (χ3v) is 3.59. The highest BCUT2D eigenvalue weighted by molar-refractivity contribution is 5.26. The van der Waals surface area contributed by atoms with Crippen LogP contribution in [0.2, 0.25) is 0 Å². The minimum atomic E-state index is -0.104. The van der Waals surface area contributed by atoms with Crippen LogP contribution in [-0.4, -0.2) is 19.3 Å². The minimum absolute atomic E-state index is 0.104. The first kappa shape index (κ1) is 16.2. The van der Waals surface area contributed by atoms with Gasteiger partial charge in [0.25, 0.3) is 0 Å². The van der Waals surface area contributed by atoms with Crippen LogP contribution < -0.4 is 5.32 Å². The van der Waals surface area contributed by atoms with Crippen molar-refractivity contribution in [3.05, 3.63) is 35.4 Å². The Bertz CT molecular complexity index is 373. The van der Waals surface area contributed by atoms with Crippen molar-refractivity contribution in [2.75, 3.05) is 13.7 Å². The largest absolute Gasteiger partial charge is 0.379 e. The second kappa shape index (κ2) is 7.66. The molecule has 19 heavy (non-hydrogen) atoms. The summed E-state index contributed by atoms with van der Waals surface area (Å²) in [6, 6.07) is 9.31. The van der Waals surface area contributed by atoms with Gasteiger partial charge in [0, 0.05) is 13.2 Å². The van der Waals surface area contributed by atoms with Crippen molar-refractivity contribution in [2.45, 2.75) is 58.6 Å². The third-order valence-electron chi connectivity index (χ3n) is 3.59. The fraction of sp³-hybridized carbons (Fsp3) is 0.647. The molecule has 0 aliphatic carbocycles. The predicted octanol–water partition coefficient (Wildman–Crippen LogP) is 4.10. The maximum absolute atomic E-state index is 5.57. The summed E-state index contributed by atoms with van der Waals surface area (Å²) < 4.78 is 5.57. The highest BCUT2D eigenvalue weighted by atomic mass is 16.5. The van der Waals surface area contributed by atoms with Gasteiger partial charge in [-0.2, -0.15) is 0 Å². The Morgan fingerprint density at radius 2 is 2.00 bits per heavy atom. The molecule has 1 aromatic carbocycles. The molecule has 0 radical (unpaired) electrons. The van der Waals surface area contributed by atoms with E-state index in [2.05, 4.69) is 57.3 Å². The van der Waals surface area contributed by atoms with Gasteiger partial charge in [-0.3, -0.25) is 0 Å². The molecule has 0 heterocycles. The van der Waals surface area contributed by atoms with E-state index >= 15 is 0 Å². The highest BCUT2D eigenvalue weighted by Gasteiger charge is 2.23. The van der Waals surface area contributed by atoms with E-state index in [1.54, 1.807) is 7.11 Å². The zero-order valence-electron chi connectivity index (χ0n) is 13.1. The predicted molar refractivity (Wildman–Crippen MR) is 82.6 cm³/mol. The monoisotopic (exact) mass is 263 g/mol. The van der Waals surface area contributed by atoms with E-state index in [-0.39, 0.29) is 5.60 Å². The van der Waals surface area contributed by atoms with Crippen LogP contribution in [0.3, 0.4) is 0 Å². The van der Waals surface area contributed by atoms with Crippen LogP contribution >= 0.6 is 0 Å². The van der Waals surface area contributed by atoms with Crippen LogP contribution in [0.1, 0.15) is 57.7 Å². The standard InChI is InChI=1S/C17H29NO/c1-6-9-14-10-8-11-15(12-14)16(18-7-2)13-17(3,4)19-5/h8,10-12,16,18H,6-7,9,13H2,1-5H3. The Kier molecular flexibility index (Phi) is 6.53. The van der Waals surface area contributed by atoms with E-state index in [4.69, 9.17) is 4.74 Å². The van der Waals surface area contributed by atoms with Crippen molar-refractivity contribution >= 4 is 0 Å². The SMILES string of the molecule is CCCc1cccc(C(CC(C)(C)OC)NCC)c1. The summed E-state index contributed by atoms with van der Waals surface area (Å²) in [6.07, 6.45) is 3.33. The average molecular weight is 263 g/mol. The van der Waals surface area contributed by atoms with E-state index in [1.165, 1.54) is 17.5 Å². The molecule has 0 aromatic heterocycles. The molecule has 0 saturated carbocycles. The van der Waals surface area contributed by atoms with Crippen LogP contribution in [0, 0.1) is 0 Å². The highest BCUT2D eigenvalue weighted by Crippen LogP contribution is 2.26. The quantitative estimate of drug-likeness (QED) is 0.762. The Morgan fingerprint density at radius 3 is 2.58 bits per heavy atom. The van der Waals surface area contributed by atoms with Crippen LogP contribution in [0.25, 0.3) is 0 Å². The van der Waals surface area contributed by atoms with E-state index in [0.717, 1.165) is 19.4 Å². The van der Waals surface area contributed by atoms with Gasteiger partial charge in [-0.15, -0.1) is 0 Å². The van der Waals surface area contributed by atoms with Gasteiger partial charge in [-0.1, -0.05) is 44.5 Å². The molecule has 2 nitrogen and oxygen atoms in total. The van der Waals surface area contributed by atoms with Gasteiger partial charge < -0.3 is 10.1 Å². The van der Waals surface area contributed by atoms with Crippen molar-refractivity contribution in [2.24, 2.45) is 0 Å². The molecule has 0 saturated heterocycles. The van der Waals surface area contributed by atoms with Gasteiger partial charge in [-0.05, 0) is 44.4 Å². The van der Waals surface area contributed by atoms with Gasteiger partial charge in [0.15, 0.2) is 0 Å². The molecule has 2 heteroatoms. The van der Waals surface area contributed by atoms with Crippen LogP contribution in [0.5, 0.6) is 0 Å². The second-order valence-electron chi connectivity index (χ2n) is 5.77. The number of nitrogens with one attached hydrogen (secondary N) is 1. The molecule has 1 N–H and O–H groups in total. The fourth-order valence-electron chi connectivity index (χ4n) is 2.38. The summed E-state index contributed by atoms with van der Waals surface area (Å²) in [4.78, 5) is 0. The van der Waals surface area contributed by atoms with Crippen molar-refractivity contribution in [3.8, 4) is 0 Å². The van der Waals surface area contributed by atoms with E-state index in [1.807, 2.05) is 0 Å². The second-order valence-corrected chi connectivity index (χ2v) is 5.77. The Labute approximate surface area is 118 Å². The van der Waals surface area contributed by atoms with E-state index in [9.17, 15) is 0 Å². The van der Waals surface area contributed by atoms with Gasteiger partial charge in [0.1, 0.15) is 0 Å². The first-order valence-electron chi connectivity index (χ1n) is 7.39. The molecule has 1 atom stereocenters. The van der Waals surface area contributed by atoms with Crippen molar-refractivity contribution in [3.63, 3.8) is 0 Å². The van der Waals surface area contributed by atoms with Crippen molar-refractivity contribution in [1.29, 1.82) is 0 Å². The Morgan fingerprint density at radius 1 is 1.26 bits per heavy atom. The fourth-order valence-corrected chi connectivity index (χ4v) is 2.38. The molecule has 0 aliphatic rings. The Balaban J connectivity index is 2.88. The summed E-state index contributed by atoms with van der Waals surface area (Å²) in [5.41, 5.74) is 2.70. The van der Waals surface area contributed by atoms with Crippen molar-refractivity contribution < 1.29 is 4.74 Å². The van der Waals surface area contributed by atoms with Crippen LogP contribution in [0.15, 0.2) is 24.3 Å². The van der Waals surface area contributed by atoms with Gasteiger partial charge in [-0.25, -0.2) is 0 Å². The lowest BCUT2D eigenvalue weighted by Crippen LogP contribution is -2.32. The Hall–Kier alpha value is -0.860. The van der Waals surface area contributed by atoms with Crippen LogP contribution in [-0.2, 0) is 11.2 Å². The molecular weight excluding hydrogens is 234 g/mol. The average Bonchev–Trinajstić information content (AvgIpc) is 2.39. The molecule has 0 aliphatic heterocycles. The summed E-state index contributed by atoms with van der Waals surface area (Å²) >= 11 is 0. The smallest absolute Gasteiger partial charge is 0.0640 e. The topological polar surface area (TPSA) is 21.3 Å². The normalized spacial score (nSPS) is 13.5. The number of hydrogen-bond donors (Lipinski definition) is 1. The van der Waals surface area contributed by atoms with E-state index in [0.29, 0.717) is 6.04 Å². The molecule has 0 amide bonds.